The van der Waals surface area contributed by atoms with Crippen LogP contribution in [0.4, 0.5) is 10.5 Å². The lowest BCUT2D eigenvalue weighted by Gasteiger charge is -2.20. The number of pyridine rings is 1. The van der Waals surface area contributed by atoms with Crippen LogP contribution in [0.2, 0.25) is 5.15 Å². The summed E-state index contributed by atoms with van der Waals surface area (Å²) in [6.45, 7) is 4.06. The largest absolute Gasteiger partial charge is 0.480 e. The van der Waals surface area contributed by atoms with Gasteiger partial charge in [-0.15, -0.1) is 0 Å². The number of rotatable bonds is 5. The number of carbonyl (C=O) groups excluding carboxylic acids is 1. The number of halogens is 1. The van der Waals surface area contributed by atoms with Gasteiger partial charge in [0.25, 0.3) is 0 Å². The molecule has 0 aliphatic heterocycles. The van der Waals surface area contributed by atoms with Crippen molar-refractivity contribution < 1.29 is 27.9 Å². The number of aromatic nitrogens is 1. The van der Waals surface area contributed by atoms with E-state index in [-0.39, 0.29) is 5.69 Å². The van der Waals surface area contributed by atoms with Crippen molar-refractivity contribution in [2.45, 2.75) is 31.3 Å². The average Bonchev–Trinajstić information content (AvgIpc) is 2.33. The second-order valence-corrected chi connectivity index (χ2v) is 7.39. The van der Waals surface area contributed by atoms with Gasteiger partial charge in [-0.2, -0.15) is 4.72 Å². The molecular formula is C12H16ClN3O6S. The highest BCUT2D eigenvalue weighted by molar-refractivity contribution is 7.89. The third kappa shape index (κ3) is 6.00. The molecule has 128 valence electrons. The minimum absolute atomic E-state index is 0.183. The zero-order valence-electron chi connectivity index (χ0n) is 12.6. The van der Waals surface area contributed by atoms with Crippen molar-refractivity contribution in [3.05, 3.63) is 17.4 Å². The zero-order chi connectivity index (χ0) is 17.8. The first-order valence-corrected chi connectivity index (χ1v) is 8.14. The van der Waals surface area contributed by atoms with Crippen LogP contribution in [0.15, 0.2) is 17.2 Å². The van der Waals surface area contributed by atoms with Gasteiger partial charge < -0.3 is 9.84 Å². The first-order chi connectivity index (χ1) is 10.4. The van der Waals surface area contributed by atoms with Crippen LogP contribution in [0.1, 0.15) is 20.8 Å². The number of nitrogens with zero attached hydrogens (tertiary/aromatic N) is 1. The number of nitrogens with one attached hydrogen (secondary N) is 2. The molecule has 23 heavy (non-hydrogen) atoms. The van der Waals surface area contributed by atoms with Gasteiger partial charge in [0, 0.05) is 6.20 Å². The molecule has 0 radical (unpaired) electrons. The Morgan fingerprint density at radius 2 is 2.00 bits per heavy atom. The number of ether oxygens (including phenoxy) is 1. The number of carboxylic acids is 1. The molecule has 0 saturated heterocycles. The molecule has 1 amide bonds. The summed E-state index contributed by atoms with van der Waals surface area (Å²) in [5.41, 5.74) is -0.973. The fourth-order valence-corrected chi connectivity index (χ4v) is 3.02. The summed E-state index contributed by atoms with van der Waals surface area (Å²) in [4.78, 5) is 25.4. The van der Waals surface area contributed by atoms with Gasteiger partial charge in [0.15, 0.2) is 5.15 Å². The molecule has 1 aromatic heterocycles. The Morgan fingerprint density at radius 3 is 2.52 bits per heavy atom. The highest BCUT2D eigenvalue weighted by Gasteiger charge is 2.26. The monoisotopic (exact) mass is 365 g/mol. The van der Waals surface area contributed by atoms with Crippen LogP contribution < -0.4 is 10.0 Å². The van der Waals surface area contributed by atoms with Crippen LogP contribution in [-0.4, -0.2) is 42.7 Å². The number of anilines is 1. The number of carboxylic acid groups (broad SMARTS) is 1. The Balaban J connectivity index is 3.14. The molecule has 0 bridgehead atoms. The Bertz CT molecular complexity index is 714. The predicted octanol–water partition coefficient (Wildman–Crippen LogP) is 1.44. The molecule has 1 aromatic rings. The van der Waals surface area contributed by atoms with Crippen molar-refractivity contribution in [2.75, 3.05) is 11.9 Å². The van der Waals surface area contributed by atoms with Gasteiger partial charge in [-0.3, -0.25) is 10.1 Å². The van der Waals surface area contributed by atoms with Gasteiger partial charge in [0.05, 0.1) is 5.69 Å². The summed E-state index contributed by atoms with van der Waals surface area (Å²) in [6, 6.07) is 1.20. The average molecular weight is 366 g/mol. The summed E-state index contributed by atoms with van der Waals surface area (Å²) in [7, 11) is -4.30. The predicted molar refractivity (Wildman–Crippen MR) is 81.9 cm³/mol. The van der Waals surface area contributed by atoms with E-state index in [2.05, 4.69) is 10.3 Å². The van der Waals surface area contributed by atoms with Crippen molar-refractivity contribution in [1.82, 2.24) is 9.71 Å². The molecule has 1 rings (SSSR count). The summed E-state index contributed by atoms with van der Waals surface area (Å²) in [6.07, 6.45) is 0.292. The van der Waals surface area contributed by atoms with Gasteiger partial charge in [-0.1, -0.05) is 11.6 Å². The Morgan fingerprint density at radius 1 is 1.39 bits per heavy atom. The molecular weight excluding hydrogens is 350 g/mol. The van der Waals surface area contributed by atoms with Crippen molar-refractivity contribution in [2.24, 2.45) is 0 Å². The van der Waals surface area contributed by atoms with E-state index in [0.717, 1.165) is 0 Å². The van der Waals surface area contributed by atoms with E-state index in [1.165, 1.54) is 12.3 Å². The number of hydrogen-bond donors (Lipinski definition) is 3. The zero-order valence-corrected chi connectivity index (χ0v) is 14.2. The van der Waals surface area contributed by atoms with Gasteiger partial charge in [-0.05, 0) is 26.8 Å². The molecule has 3 N–H and O–H groups in total. The fraction of sp³-hybridized carbons (Fsp3) is 0.417. The second-order valence-electron chi connectivity index (χ2n) is 5.32. The van der Waals surface area contributed by atoms with E-state index in [1.54, 1.807) is 20.8 Å². The van der Waals surface area contributed by atoms with Crippen LogP contribution in [0.25, 0.3) is 0 Å². The van der Waals surface area contributed by atoms with E-state index in [4.69, 9.17) is 21.4 Å². The van der Waals surface area contributed by atoms with Crippen molar-refractivity contribution in [3.63, 3.8) is 0 Å². The molecule has 9 nitrogen and oxygen atoms in total. The van der Waals surface area contributed by atoms with Crippen molar-refractivity contribution >= 4 is 39.4 Å². The smallest absolute Gasteiger partial charge is 0.412 e. The number of hydrogen-bond acceptors (Lipinski definition) is 6. The van der Waals surface area contributed by atoms with Gasteiger partial charge in [0.1, 0.15) is 17.0 Å². The number of carbonyl (C=O) groups is 2. The number of amides is 1. The molecule has 0 aromatic carbocycles. The minimum Gasteiger partial charge on any atom is -0.480 e. The first-order valence-electron chi connectivity index (χ1n) is 6.28. The SMILES string of the molecule is CC(C)(C)OC(=O)Nc1ccnc(Cl)c1S(=O)(=O)NCC(=O)O. The summed E-state index contributed by atoms with van der Waals surface area (Å²) in [5.74, 6) is -1.38. The van der Waals surface area contributed by atoms with E-state index >= 15 is 0 Å². The summed E-state index contributed by atoms with van der Waals surface area (Å²) >= 11 is 5.78. The molecule has 0 atom stereocenters. The lowest BCUT2D eigenvalue weighted by Crippen LogP contribution is -2.31. The molecule has 0 spiro atoms. The molecule has 0 saturated carbocycles. The van der Waals surface area contributed by atoms with E-state index in [1.807, 2.05) is 4.72 Å². The lowest BCUT2D eigenvalue weighted by atomic mass is 10.2. The molecule has 0 fully saturated rings. The Hall–Kier alpha value is -1.91. The maximum atomic E-state index is 12.2. The van der Waals surface area contributed by atoms with Crippen molar-refractivity contribution in [1.29, 1.82) is 0 Å². The molecule has 11 heteroatoms. The molecule has 0 aliphatic carbocycles. The van der Waals surface area contributed by atoms with Gasteiger partial charge >= 0.3 is 12.1 Å². The van der Waals surface area contributed by atoms with Crippen LogP contribution >= 0.6 is 11.6 Å². The van der Waals surface area contributed by atoms with E-state index in [0.29, 0.717) is 0 Å². The highest BCUT2D eigenvalue weighted by atomic mass is 35.5. The second kappa shape index (κ2) is 7.11. The maximum absolute atomic E-state index is 12.2. The number of aliphatic carboxylic acids is 1. The van der Waals surface area contributed by atoms with E-state index in [9.17, 15) is 18.0 Å². The fourth-order valence-electron chi connectivity index (χ4n) is 1.42. The summed E-state index contributed by atoms with van der Waals surface area (Å²) in [5, 5.41) is 10.4. The van der Waals surface area contributed by atoms with Crippen LogP contribution in [0.5, 0.6) is 0 Å². The Kier molecular flexibility index (Phi) is 5.92. The topological polar surface area (TPSA) is 135 Å². The standard InChI is InChI=1S/C12H16ClN3O6S/c1-12(2,3)22-11(19)16-7-4-5-14-10(13)9(7)23(20,21)15-6-8(17)18/h4-5,15H,6H2,1-3H3,(H,17,18)(H,14,16,19). The number of sulfonamides is 1. The molecule has 0 unspecified atom stereocenters. The summed E-state index contributed by atoms with van der Waals surface area (Å²) < 4.78 is 31.2. The molecule has 0 aliphatic rings. The quantitative estimate of drug-likeness (QED) is 0.672. The van der Waals surface area contributed by atoms with Crippen LogP contribution in [0, 0.1) is 0 Å². The van der Waals surface area contributed by atoms with Gasteiger partial charge in [0.2, 0.25) is 10.0 Å². The lowest BCUT2D eigenvalue weighted by molar-refractivity contribution is -0.135. The minimum atomic E-state index is -4.30. The third-order valence-corrected chi connectivity index (χ3v) is 4.05. The Labute approximate surface area is 138 Å². The van der Waals surface area contributed by atoms with Gasteiger partial charge in [-0.25, -0.2) is 18.2 Å². The van der Waals surface area contributed by atoms with E-state index < -0.39 is 44.3 Å². The third-order valence-electron chi connectivity index (χ3n) is 2.18. The molecule has 1 heterocycles. The van der Waals surface area contributed by atoms with Crippen LogP contribution in [-0.2, 0) is 19.6 Å². The van der Waals surface area contributed by atoms with Crippen LogP contribution in [0.3, 0.4) is 0 Å². The normalized spacial score (nSPS) is 11.8. The first kappa shape index (κ1) is 19.1. The maximum Gasteiger partial charge on any atom is 0.412 e. The highest BCUT2D eigenvalue weighted by Crippen LogP contribution is 2.27. The van der Waals surface area contributed by atoms with Crippen molar-refractivity contribution in [3.8, 4) is 0 Å².